The summed E-state index contributed by atoms with van der Waals surface area (Å²) < 4.78 is 25.9. The Morgan fingerprint density at radius 2 is 1.37 bits per heavy atom. The summed E-state index contributed by atoms with van der Waals surface area (Å²) in [6.45, 7) is -0.391. The second kappa shape index (κ2) is 14.8. The van der Waals surface area contributed by atoms with Gasteiger partial charge in [-0.3, -0.25) is 14.4 Å². The maximum atomic E-state index is 13.6. The zero-order chi connectivity index (χ0) is 35.2. The lowest BCUT2D eigenvalue weighted by Gasteiger charge is -2.28. The number of esters is 3. The first-order chi connectivity index (χ1) is 24.9. The van der Waals surface area contributed by atoms with E-state index in [-0.39, 0.29) is 31.0 Å². The minimum atomic E-state index is -2.04. The molecule has 2 aliphatic rings. The topological polar surface area (TPSA) is 154 Å². The van der Waals surface area contributed by atoms with Gasteiger partial charge in [-0.25, -0.2) is 9.50 Å². The molecule has 1 aliphatic carbocycles. The predicted octanol–water partition coefficient (Wildman–Crippen LogP) is 4.52. The third kappa shape index (κ3) is 7.59. The molecule has 1 saturated heterocycles. The number of ether oxygens (including phenoxy) is 4. The van der Waals surface area contributed by atoms with Crippen LogP contribution in [0.2, 0.25) is 0 Å². The average Bonchev–Trinajstić information content (AvgIpc) is 3.78. The van der Waals surface area contributed by atoms with Crippen molar-refractivity contribution in [2.45, 2.75) is 62.1 Å². The van der Waals surface area contributed by atoms with Gasteiger partial charge in [-0.2, -0.15) is 10.4 Å². The van der Waals surface area contributed by atoms with E-state index in [9.17, 15) is 19.6 Å². The fraction of sp³-hybridized carbons (Fsp3) is 0.282. The van der Waals surface area contributed by atoms with Crippen LogP contribution in [-0.4, -0.2) is 63.5 Å². The van der Waals surface area contributed by atoms with Crippen LogP contribution in [0.4, 0.5) is 5.82 Å². The van der Waals surface area contributed by atoms with Gasteiger partial charge in [0.2, 0.25) is 5.60 Å². The van der Waals surface area contributed by atoms with Crippen molar-refractivity contribution in [1.82, 2.24) is 14.6 Å². The number of anilines is 1. The molecule has 7 rings (SSSR count). The molecule has 5 aromatic rings. The Hall–Kier alpha value is -6.06. The SMILES string of the molecule is N#C[C@@]1(c2ccc3c(NC4CC4)ncnn23)O[C@H](COC(=O)Cc2ccccc2)[C@@H](OC(=O)Cc2ccccc2)[C@H]1OC(=O)Cc1ccccc1. The number of nitrogens with zero attached hydrogens (tertiary/aromatic N) is 4. The second-order valence-corrected chi connectivity index (χ2v) is 12.6. The van der Waals surface area contributed by atoms with E-state index in [0.29, 0.717) is 22.5 Å². The number of carbonyl (C=O) groups excluding carboxylic acids is 3. The lowest BCUT2D eigenvalue weighted by Crippen LogP contribution is -2.46. The van der Waals surface area contributed by atoms with Crippen LogP contribution >= 0.6 is 0 Å². The molecule has 1 saturated carbocycles. The summed E-state index contributed by atoms with van der Waals surface area (Å²) in [5.41, 5.74) is 0.877. The fourth-order valence-corrected chi connectivity index (χ4v) is 6.21. The van der Waals surface area contributed by atoms with E-state index >= 15 is 0 Å². The van der Waals surface area contributed by atoms with E-state index in [0.717, 1.165) is 18.4 Å². The Kier molecular flexibility index (Phi) is 9.72. The Labute approximate surface area is 293 Å². The van der Waals surface area contributed by atoms with E-state index in [2.05, 4.69) is 21.5 Å². The number of carbonyl (C=O) groups is 3. The number of hydrogen-bond acceptors (Lipinski definition) is 11. The zero-order valence-electron chi connectivity index (χ0n) is 27.6. The predicted molar refractivity (Wildman–Crippen MR) is 183 cm³/mol. The van der Waals surface area contributed by atoms with Crippen molar-refractivity contribution in [2.75, 3.05) is 11.9 Å². The first kappa shape index (κ1) is 33.4. The van der Waals surface area contributed by atoms with Gasteiger partial charge in [0, 0.05) is 6.04 Å². The number of rotatable bonds is 13. The lowest BCUT2D eigenvalue weighted by atomic mass is 9.92. The minimum Gasteiger partial charge on any atom is -0.463 e. The highest BCUT2D eigenvalue weighted by molar-refractivity contribution is 5.75. The first-order valence-electron chi connectivity index (χ1n) is 16.8. The number of fused-ring (bicyclic) bond motifs is 1. The maximum absolute atomic E-state index is 13.6. The third-order valence-corrected chi connectivity index (χ3v) is 8.83. The summed E-state index contributed by atoms with van der Waals surface area (Å²) in [5, 5.41) is 18.8. The second-order valence-electron chi connectivity index (χ2n) is 12.6. The van der Waals surface area contributed by atoms with Crippen molar-refractivity contribution in [3.8, 4) is 6.07 Å². The highest BCUT2D eigenvalue weighted by Gasteiger charge is 2.62. The summed E-state index contributed by atoms with van der Waals surface area (Å²) in [5.74, 6) is -1.30. The average molecular weight is 686 g/mol. The highest BCUT2D eigenvalue weighted by Crippen LogP contribution is 2.44. The quantitative estimate of drug-likeness (QED) is 0.138. The minimum absolute atomic E-state index is 0.0120. The van der Waals surface area contributed by atoms with Gasteiger partial charge in [-0.15, -0.1) is 0 Å². The van der Waals surface area contributed by atoms with Gasteiger partial charge in [-0.05, 0) is 41.7 Å². The van der Waals surface area contributed by atoms with Crippen molar-refractivity contribution in [2.24, 2.45) is 0 Å². The Morgan fingerprint density at radius 3 is 1.94 bits per heavy atom. The molecule has 0 amide bonds. The molecule has 2 fully saturated rings. The summed E-state index contributed by atoms with van der Waals surface area (Å²) in [6.07, 6.45) is -0.878. The van der Waals surface area contributed by atoms with Gasteiger partial charge < -0.3 is 24.3 Å². The zero-order valence-corrected chi connectivity index (χ0v) is 27.6. The van der Waals surface area contributed by atoms with Crippen LogP contribution in [0, 0.1) is 11.3 Å². The van der Waals surface area contributed by atoms with Crippen LogP contribution < -0.4 is 5.32 Å². The van der Waals surface area contributed by atoms with Gasteiger partial charge in [0.25, 0.3) is 0 Å². The van der Waals surface area contributed by atoms with Crippen LogP contribution in [0.1, 0.15) is 35.2 Å². The monoisotopic (exact) mass is 685 g/mol. The van der Waals surface area contributed by atoms with Crippen LogP contribution in [0.15, 0.2) is 109 Å². The molecule has 4 atom stereocenters. The van der Waals surface area contributed by atoms with Gasteiger partial charge in [-0.1, -0.05) is 91.0 Å². The normalized spacial score (nSPS) is 21.0. The van der Waals surface area contributed by atoms with Crippen molar-refractivity contribution in [3.05, 3.63) is 132 Å². The number of hydrogen-bond donors (Lipinski definition) is 1. The van der Waals surface area contributed by atoms with E-state index < -0.39 is 48.4 Å². The smallest absolute Gasteiger partial charge is 0.310 e. The van der Waals surface area contributed by atoms with Crippen molar-refractivity contribution < 1.29 is 33.3 Å². The van der Waals surface area contributed by atoms with Gasteiger partial charge in [0.1, 0.15) is 30.6 Å². The van der Waals surface area contributed by atoms with Gasteiger partial charge in [0.05, 0.1) is 25.0 Å². The molecule has 3 heterocycles. The van der Waals surface area contributed by atoms with Crippen molar-refractivity contribution >= 4 is 29.2 Å². The molecule has 1 aliphatic heterocycles. The molecule has 0 unspecified atom stereocenters. The van der Waals surface area contributed by atoms with E-state index in [4.69, 9.17) is 18.9 Å². The molecular weight excluding hydrogens is 650 g/mol. The van der Waals surface area contributed by atoms with Gasteiger partial charge in [0.15, 0.2) is 18.0 Å². The number of nitriles is 1. The van der Waals surface area contributed by atoms with E-state index in [1.54, 1.807) is 72.8 Å². The number of benzene rings is 3. The Bertz CT molecular complexity index is 2050. The van der Waals surface area contributed by atoms with Crippen LogP contribution in [-0.2, 0) is 58.2 Å². The van der Waals surface area contributed by atoms with E-state index in [1.165, 1.54) is 10.8 Å². The van der Waals surface area contributed by atoms with Crippen molar-refractivity contribution in [3.63, 3.8) is 0 Å². The molecular formula is C39H35N5O7. The van der Waals surface area contributed by atoms with E-state index in [1.807, 2.05) is 30.3 Å². The van der Waals surface area contributed by atoms with Gasteiger partial charge >= 0.3 is 17.9 Å². The number of nitrogens with one attached hydrogen (secondary N) is 1. The summed E-state index contributed by atoms with van der Waals surface area (Å²) in [4.78, 5) is 44.6. The molecule has 51 heavy (non-hydrogen) atoms. The Balaban J connectivity index is 1.25. The fourth-order valence-electron chi connectivity index (χ4n) is 6.21. The van der Waals surface area contributed by atoms with Crippen LogP contribution in [0.5, 0.6) is 0 Å². The summed E-state index contributed by atoms with van der Waals surface area (Å²) in [7, 11) is 0. The molecule has 3 aromatic carbocycles. The molecule has 258 valence electrons. The molecule has 12 nitrogen and oxygen atoms in total. The maximum Gasteiger partial charge on any atom is 0.310 e. The standard InChI is InChI=1S/C39H35N5O7/c40-24-39(32-19-18-30-38(43-29-16-17-29)41-25-42-44(30)32)37(50-35(47)22-28-14-8-3-9-15-28)36(49-34(46)21-27-12-6-2-7-13-27)31(51-39)23-48-33(45)20-26-10-4-1-5-11-26/h1-15,18-19,25,29,31,36-37H,16-17,20-23H2,(H,41,42,43)/t31-,36-,37-,39+/m1/s1. The van der Waals surface area contributed by atoms with Crippen molar-refractivity contribution in [1.29, 1.82) is 5.26 Å². The molecule has 0 radical (unpaired) electrons. The summed E-state index contributed by atoms with van der Waals surface area (Å²) in [6, 6.07) is 33.0. The van der Waals surface area contributed by atoms with Crippen LogP contribution in [0.25, 0.3) is 5.52 Å². The number of aromatic nitrogens is 3. The van der Waals surface area contributed by atoms with Crippen LogP contribution in [0.3, 0.4) is 0 Å². The molecule has 12 heteroatoms. The molecule has 2 aromatic heterocycles. The largest absolute Gasteiger partial charge is 0.463 e. The molecule has 1 N–H and O–H groups in total. The summed E-state index contributed by atoms with van der Waals surface area (Å²) >= 11 is 0. The lowest BCUT2D eigenvalue weighted by molar-refractivity contribution is -0.169. The molecule has 0 spiro atoms. The highest BCUT2D eigenvalue weighted by atomic mass is 16.7. The third-order valence-electron chi connectivity index (χ3n) is 8.83. The first-order valence-corrected chi connectivity index (χ1v) is 16.8. The molecule has 0 bridgehead atoms. The Morgan fingerprint density at radius 1 is 0.804 bits per heavy atom.